The summed E-state index contributed by atoms with van der Waals surface area (Å²) >= 11 is 6.33. The Kier molecular flexibility index (Phi) is 3.98. The molecule has 0 aromatic carbocycles. The van der Waals surface area contributed by atoms with Crippen LogP contribution in [0.4, 0.5) is 0 Å². The van der Waals surface area contributed by atoms with Crippen LogP contribution >= 0.6 is 11.6 Å². The molecule has 2 unspecified atom stereocenters. The largest absolute Gasteiger partial charge is 0.377 e. The van der Waals surface area contributed by atoms with E-state index in [4.69, 9.17) is 16.3 Å². The van der Waals surface area contributed by atoms with Crippen LogP contribution in [0, 0.1) is 0 Å². The van der Waals surface area contributed by atoms with Gasteiger partial charge < -0.3 is 4.74 Å². The van der Waals surface area contributed by atoms with E-state index in [1.54, 1.807) is 6.20 Å². The van der Waals surface area contributed by atoms with Crippen LogP contribution in [0.15, 0.2) is 24.4 Å². The van der Waals surface area contributed by atoms with Crippen LogP contribution in [-0.4, -0.2) is 23.1 Å². The van der Waals surface area contributed by atoms with E-state index in [0.717, 1.165) is 25.1 Å². The fraction of sp³-hybridized carbons (Fsp3) is 0.583. The molecular weight excluding hydrogens is 210 g/mol. The number of hydrogen-bond donors (Lipinski definition) is 0. The first-order chi connectivity index (χ1) is 7.36. The first-order valence-electron chi connectivity index (χ1n) is 5.52. The van der Waals surface area contributed by atoms with Crippen LogP contribution in [0.25, 0.3) is 0 Å². The van der Waals surface area contributed by atoms with Crippen molar-refractivity contribution in [2.75, 3.05) is 6.61 Å². The first kappa shape index (κ1) is 10.9. The molecule has 3 heteroatoms. The summed E-state index contributed by atoms with van der Waals surface area (Å²) in [7, 11) is 0. The molecule has 0 aliphatic carbocycles. The van der Waals surface area contributed by atoms with Gasteiger partial charge in [0.1, 0.15) is 0 Å². The van der Waals surface area contributed by atoms with Crippen LogP contribution in [-0.2, 0) is 11.2 Å². The summed E-state index contributed by atoms with van der Waals surface area (Å²) < 4.78 is 5.65. The van der Waals surface area contributed by atoms with Gasteiger partial charge in [-0.2, -0.15) is 0 Å². The molecule has 2 rings (SSSR count). The maximum Gasteiger partial charge on any atom is 0.0742 e. The molecular formula is C12H16ClNO. The highest BCUT2D eigenvalue weighted by atomic mass is 35.5. The Hall–Kier alpha value is -0.600. The average Bonchev–Trinajstić information content (AvgIpc) is 2.31. The van der Waals surface area contributed by atoms with Crippen molar-refractivity contribution < 1.29 is 4.74 Å². The molecule has 2 atom stereocenters. The Balaban J connectivity index is 1.88. The Morgan fingerprint density at radius 2 is 2.40 bits per heavy atom. The zero-order chi connectivity index (χ0) is 10.5. The number of pyridine rings is 1. The molecule has 0 saturated carbocycles. The molecule has 2 nitrogen and oxygen atoms in total. The summed E-state index contributed by atoms with van der Waals surface area (Å²) in [6, 6.07) is 5.93. The minimum Gasteiger partial charge on any atom is -0.377 e. The molecule has 0 spiro atoms. The molecule has 1 saturated heterocycles. The zero-order valence-corrected chi connectivity index (χ0v) is 9.49. The van der Waals surface area contributed by atoms with Crippen molar-refractivity contribution in [2.24, 2.45) is 0 Å². The van der Waals surface area contributed by atoms with Crippen LogP contribution < -0.4 is 0 Å². The van der Waals surface area contributed by atoms with E-state index in [1.165, 1.54) is 12.8 Å². The van der Waals surface area contributed by atoms with Gasteiger partial charge in [-0.3, -0.25) is 4.98 Å². The monoisotopic (exact) mass is 225 g/mol. The molecule has 82 valence electrons. The lowest BCUT2D eigenvalue weighted by atomic mass is 10.0. The number of aromatic nitrogens is 1. The van der Waals surface area contributed by atoms with Gasteiger partial charge in [0, 0.05) is 24.9 Å². The molecule has 1 aromatic heterocycles. The van der Waals surface area contributed by atoms with Crippen LogP contribution in [0.3, 0.4) is 0 Å². The summed E-state index contributed by atoms with van der Waals surface area (Å²) in [5, 5.41) is 0.0557. The van der Waals surface area contributed by atoms with E-state index >= 15 is 0 Å². The molecule has 1 aliphatic rings. The summed E-state index contributed by atoms with van der Waals surface area (Å²) in [4.78, 5) is 4.27. The van der Waals surface area contributed by atoms with E-state index in [9.17, 15) is 0 Å². The summed E-state index contributed by atoms with van der Waals surface area (Å²) in [6.45, 7) is 0.857. The Morgan fingerprint density at radius 1 is 1.47 bits per heavy atom. The zero-order valence-electron chi connectivity index (χ0n) is 8.73. The lowest BCUT2D eigenvalue weighted by molar-refractivity contribution is 0.0138. The second kappa shape index (κ2) is 5.47. The second-order valence-corrected chi connectivity index (χ2v) is 4.51. The van der Waals surface area contributed by atoms with Gasteiger partial charge in [0.05, 0.1) is 11.5 Å². The maximum absolute atomic E-state index is 6.33. The Labute approximate surface area is 95.6 Å². The lowest BCUT2D eigenvalue weighted by Gasteiger charge is -2.26. The molecule has 2 heterocycles. The van der Waals surface area contributed by atoms with E-state index in [2.05, 4.69) is 4.98 Å². The minimum absolute atomic E-state index is 0.0557. The number of hydrogen-bond acceptors (Lipinski definition) is 2. The minimum atomic E-state index is 0.0557. The number of halogens is 1. The second-order valence-electron chi connectivity index (χ2n) is 3.95. The van der Waals surface area contributed by atoms with Gasteiger partial charge >= 0.3 is 0 Å². The predicted molar refractivity (Wildman–Crippen MR) is 61.2 cm³/mol. The highest BCUT2D eigenvalue weighted by Crippen LogP contribution is 2.21. The van der Waals surface area contributed by atoms with Crippen molar-refractivity contribution in [3.8, 4) is 0 Å². The van der Waals surface area contributed by atoms with Crippen molar-refractivity contribution >= 4 is 11.6 Å². The highest BCUT2D eigenvalue weighted by molar-refractivity contribution is 6.21. The number of alkyl halides is 1. The van der Waals surface area contributed by atoms with Crippen LogP contribution in [0.5, 0.6) is 0 Å². The predicted octanol–water partition coefficient (Wildman–Crippen LogP) is 2.80. The smallest absolute Gasteiger partial charge is 0.0742 e. The molecule has 0 bridgehead atoms. The van der Waals surface area contributed by atoms with E-state index in [1.807, 2.05) is 18.2 Å². The fourth-order valence-electron chi connectivity index (χ4n) is 1.90. The average molecular weight is 226 g/mol. The van der Waals surface area contributed by atoms with Crippen molar-refractivity contribution in [1.29, 1.82) is 0 Å². The molecule has 0 radical (unpaired) electrons. The number of rotatable bonds is 3. The molecule has 15 heavy (non-hydrogen) atoms. The quantitative estimate of drug-likeness (QED) is 0.738. The Bertz CT molecular complexity index is 285. The van der Waals surface area contributed by atoms with Crippen molar-refractivity contribution in [2.45, 2.75) is 37.2 Å². The van der Waals surface area contributed by atoms with E-state index in [0.29, 0.717) is 0 Å². The molecule has 1 fully saturated rings. The Morgan fingerprint density at radius 3 is 3.07 bits per heavy atom. The maximum atomic E-state index is 6.33. The van der Waals surface area contributed by atoms with Gasteiger partial charge in [-0.05, 0) is 31.4 Å². The van der Waals surface area contributed by atoms with E-state index in [-0.39, 0.29) is 11.5 Å². The summed E-state index contributed by atoms with van der Waals surface area (Å²) in [5.41, 5.74) is 1.05. The van der Waals surface area contributed by atoms with Gasteiger partial charge in [-0.15, -0.1) is 11.6 Å². The topological polar surface area (TPSA) is 22.1 Å². The lowest BCUT2D eigenvalue weighted by Crippen LogP contribution is -2.30. The van der Waals surface area contributed by atoms with Gasteiger partial charge in [0.2, 0.25) is 0 Å². The third kappa shape index (κ3) is 3.18. The van der Waals surface area contributed by atoms with Crippen molar-refractivity contribution in [3.63, 3.8) is 0 Å². The SMILES string of the molecule is ClC(Cc1ccccn1)C1CCCCO1. The van der Waals surface area contributed by atoms with E-state index < -0.39 is 0 Å². The fourth-order valence-corrected chi connectivity index (χ4v) is 2.26. The molecule has 1 aromatic rings. The van der Waals surface area contributed by atoms with Crippen molar-refractivity contribution in [1.82, 2.24) is 4.98 Å². The highest BCUT2D eigenvalue weighted by Gasteiger charge is 2.22. The summed E-state index contributed by atoms with van der Waals surface area (Å²) in [5.74, 6) is 0. The van der Waals surface area contributed by atoms with Gasteiger partial charge in [-0.25, -0.2) is 0 Å². The summed E-state index contributed by atoms with van der Waals surface area (Å²) in [6.07, 6.45) is 6.30. The first-order valence-corrected chi connectivity index (χ1v) is 5.95. The molecule has 0 N–H and O–H groups in total. The molecule has 1 aliphatic heterocycles. The third-order valence-electron chi connectivity index (χ3n) is 2.75. The van der Waals surface area contributed by atoms with Crippen LogP contribution in [0.1, 0.15) is 25.0 Å². The van der Waals surface area contributed by atoms with Gasteiger partial charge in [0.25, 0.3) is 0 Å². The van der Waals surface area contributed by atoms with Crippen molar-refractivity contribution in [3.05, 3.63) is 30.1 Å². The normalized spacial score (nSPS) is 23.7. The number of ether oxygens (including phenoxy) is 1. The third-order valence-corrected chi connectivity index (χ3v) is 3.18. The number of nitrogens with zero attached hydrogens (tertiary/aromatic N) is 1. The standard InChI is InChI=1S/C12H16ClNO/c13-11(12-6-2-4-8-15-12)9-10-5-1-3-7-14-10/h1,3,5,7,11-12H,2,4,6,8-9H2. The van der Waals surface area contributed by atoms with Gasteiger partial charge in [0.15, 0.2) is 0 Å². The van der Waals surface area contributed by atoms with Gasteiger partial charge in [-0.1, -0.05) is 6.07 Å². The van der Waals surface area contributed by atoms with Crippen LogP contribution in [0.2, 0.25) is 0 Å². The molecule has 0 amide bonds.